The molecule has 7 nitrogen and oxygen atoms in total. The number of rotatable bonds is 3. The molecule has 0 aromatic carbocycles. The van der Waals surface area contributed by atoms with E-state index in [0.717, 1.165) is 6.26 Å². The second-order valence-electron chi connectivity index (χ2n) is 3.23. The molecule has 0 aliphatic carbocycles. The first-order valence-electron chi connectivity index (χ1n) is 4.29. The van der Waals surface area contributed by atoms with Gasteiger partial charge in [-0.05, 0) is 6.92 Å². The zero-order valence-corrected chi connectivity index (χ0v) is 9.50. The fourth-order valence-corrected chi connectivity index (χ4v) is 1.33. The van der Waals surface area contributed by atoms with Gasteiger partial charge in [-0.15, -0.1) is 0 Å². The summed E-state index contributed by atoms with van der Waals surface area (Å²) in [6.45, 7) is 1.27. The quantitative estimate of drug-likeness (QED) is 0.751. The van der Waals surface area contributed by atoms with Gasteiger partial charge in [0.05, 0.1) is 6.20 Å². The Morgan fingerprint density at radius 1 is 1.69 bits per heavy atom. The fourth-order valence-electron chi connectivity index (χ4n) is 0.885. The lowest BCUT2D eigenvalue weighted by molar-refractivity contribution is -0.115. The van der Waals surface area contributed by atoms with Gasteiger partial charge in [-0.2, -0.15) is 10.4 Å². The van der Waals surface area contributed by atoms with Crippen LogP contribution in [0.4, 0.5) is 5.82 Å². The van der Waals surface area contributed by atoms with Crippen LogP contribution in [-0.2, 0) is 14.6 Å². The van der Waals surface area contributed by atoms with Crippen molar-refractivity contribution in [3.8, 4) is 6.07 Å². The summed E-state index contributed by atoms with van der Waals surface area (Å²) in [4.78, 5) is 11.5. The minimum absolute atomic E-state index is 0.100. The summed E-state index contributed by atoms with van der Waals surface area (Å²) >= 11 is 0. The molecule has 8 heteroatoms. The molecule has 0 aliphatic rings. The molecule has 1 aromatic heterocycles. The molecule has 86 valence electrons. The van der Waals surface area contributed by atoms with Crippen LogP contribution in [0.3, 0.4) is 0 Å². The Kier molecular flexibility index (Phi) is 3.29. The number of hydrogen-bond acceptors (Lipinski definition) is 5. The number of hydrogen-bond donors (Lipinski definition) is 2. The lowest BCUT2D eigenvalue weighted by atomic mass is 10.3. The van der Waals surface area contributed by atoms with E-state index >= 15 is 0 Å². The number of H-pyrrole nitrogens is 1. The molecule has 16 heavy (non-hydrogen) atoms. The van der Waals surface area contributed by atoms with E-state index in [1.165, 1.54) is 13.1 Å². The Morgan fingerprint density at radius 2 is 2.31 bits per heavy atom. The smallest absolute Gasteiger partial charge is 0.243 e. The zero-order chi connectivity index (χ0) is 12.3. The molecule has 1 aromatic rings. The van der Waals surface area contributed by atoms with Crippen molar-refractivity contribution in [1.82, 2.24) is 10.2 Å². The normalized spacial score (nSPS) is 12.8. The van der Waals surface area contributed by atoms with Crippen molar-refractivity contribution in [2.24, 2.45) is 0 Å². The van der Waals surface area contributed by atoms with Gasteiger partial charge in [-0.1, -0.05) is 0 Å². The maximum atomic E-state index is 11.5. The average Bonchev–Trinajstić information content (AvgIpc) is 2.62. The molecule has 0 spiro atoms. The van der Waals surface area contributed by atoms with Crippen LogP contribution in [0.5, 0.6) is 0 Å². The molecular weight excluding hydrogens is 232 g/mol. The van der Waals surface area contributed by atoms with E-state index in [2.05, 4.69) is 15.5 Å². The van der Waals surface area contributed by atoms with E-state index in [-0.39, 0.29) is 11.4 Å². The lowest BCUT2D eigenvalue weighted by Crippen LogP contribution is -2.32. The predicted molar refractivity (Wildman–Crippen MR) is 56.2 cm³/mol. The molecule has 0 bridgehead atoms. The topological polar surface area (TPSA) is 116 Å². The molecule has 0 fully saturated rings. The van der Waals surface area contributed by atoms with Gasteiger partial charge in [0.2, 0.25) is 5.91 Å². The first-order valence-corrected chi connectivity index (χ1v) is 6.25. The van der Waals surface area contributed by atoms with Crippen molar-refractivity contribution in [1.29, 1.82) is 5.26 Å². The van der Waals surface area contributed by atoms with Crippen molar-refractivity contribution in [2.75, 3.05) is 11.6 Å². The summed E-state index contributed by atoms with van der Waals surface area (Å²) in [7, 11) is -3.45. The Bertz CT molecular complexity index is 540. The van der Waals surface area contributed by atoms with Gasteiger partial charge < -0.3 is 5.32 Å². The number of aromatic amines is 1. The van der Waals surface area contributed by atoms with Crippen LogP contribution in [0.2, 0.25) is 0 Å². The van der Waals surface area contributed by atoms with Crippen LogP contribution < -0.4 is 5.32 Å². The van der Waals surface area contributed by atoms with Gasteiger partial charge in [-0.3, -0.25) is 9.89 Å². The van der Waals surface area contributed by atoms with Crippen LogP contribution in [0.15, 0.2) is 6.20 Å². The van der Waals surface area contributed by atoms with Crippen molar-refractivity contribution in [3.05, 3.63) is 11.8 Å². The van der Waals surface area contributed by atoms with E-state index in [1.807, 2.05) is 0 Å². The number of nitriles is 1. The number of nitrogens with one attached hydrogen (secondary N) is 2. The number of carbonyl (C=O) groups excluding carboxylic acids is 1. The van der Waals surface area contributed by atoms with E-state index < -0.39 is 21.0 Å². The highest BCUT2D eigenvalue weighted by molar-refractivity contribution is 7.92. The zero-order valence-electron chi connectivity index (χ0n) is 8.68. The molecule has 1 atom stereocenters. The second-order valence-corrected chi connectivity index (χ2v) is 5.60. The van der Waals surface area contributed by atoms with Crippen molar-refractivity contribution in [3.63, 3.8) is 0 Å². The number of carbonyl (C=O) groups is 1. The minimum atomic E-state index is -3.45. The Labute approximate surface area is 92.4 Å². The van der Waals surface area contributed by atoms with Crippen LogP contribution in [0.1, 0.15) is 12.5 Å². The Balaban J connectivity index is 2.85. The third-order valence-corrected chi connectivity index (χ3v) is 3.52. The third-order valence-electron chi connectivity index (χ3n) is 2.02. The monoisotopic (exact) mass is 242 g/mol. The highest BCUT2D eigenvalue weighted by Gasteiger charge is 2.24. The van der Waals surface area contributed by atoms with Crippen LogP contribution in [0.25, 0.3) is 0 Å². The highest BCUT2D eigenvalue weighted by atomic mass is 32.2. The van der Waals surface area contributed by atoms with Gasteiger partial charge in [0.15, 0.2) is 9.84 Å². The molecule has 1 amide bonds. The number of anilines is 1. The molecule has 0 saturated heterocycles. The van der Waals surface area contributed by atoms with E-state index in [9.17, 15) is 13.2 Å². The van der Waals surface area contributed by atoms with Crippen LogP contribution >= 0.6 is 0 Å². The summed E-state index contributed by atoms with van der Waals surface area (Å²) in [5.41, 5.74) is 0.147. The van der Waals surface area contributed by atoms with Crippen LogP contribution in [0, 0.1) is 11.3 Å². The van der Waals surface area contributed by atoms with Crippen molar-refractivity contribution < 1.29 is 13.2 Å². The van der Waals surface area contributed by atoms with Gasteiger partial charge in [0.25, 0.3) is 0 Å². The molecule has 1 heterocycles. The summed E-state index contributed by atoms with van der Waals surface area (Å²) in [6, 6.07) is 1.80. The molecule has 0 radical (unpaired) electrons. The van der Waals surface area contributed by atoms with E-state index in [1.54, 1.807) is 6.07 Å². The maximum Gasteiger partial charge on any atom is 0.243 e. The molecular formula is C8H10N4O3S. The third kappa shape index (κ3) is 2.58. The average molecular weight is 242 g/mol. The molecule has 0 aliphatic heterocycles. The molecule has 1 rings (SSSR count). The van der Waals surface area contributed by atoms with E-state index in [0.29, 0.717) is 0 Å². The van der Waals surface area contributed by atoms with E-state index in [4.69, 9.17) is 5.26 Å². The fraction of sp³-hybridized carbons (Fsp3) is 0.375. The molecule has 2 N–H and O–H groups in total. The summed E-state index contributed by atoms with van der Waals surface area (Å²) < 4.78 is 22.2. The summed E-state index contributed by atoms with van der Waals surface area (Å²) in [5.74, 6) is -0.605. The predicted octanol–water partition coefficient (Wildman–Crippen LogP) is -0.347. The second kappa shape index (κ2) is 4.32. The number of aromatic nitrogens is 2. The standard InChI is InChI=1S/C8H10N4O3S/c1-5(16(2,14)15)8(13)11-7-6(3-9)4-10-12-7/h4-5H,1-2H3,(H2,10,11,12,13). The first-order chi connectivity index (χ1) is 7.36. The summed E-state index contributed by atoms with van der Waals surface area (Å²) in [5, 5.41) is 15.7. The Hall–Kier alpha value is -1.88. The van der Waals surface area contributed by atoms with Crippen molar-refractivity contribution in [2.45, 2.75) is 12.2 Å². The Morgan fingerprint density at radius 3 is 2.81 bits per heavy atom. The SMILES string of the molecule is CC(C(=O)Nc1[nH]ncc1C#N)S(C)(=O)=O. The number of nitrogens with zero attached hydrogens (tertiary/aromatic N) is 2. The number of sulfone groups is 1. The number of amides is 1. The molecule has 0 saturated carbocycles. The maximum absolute atomic E-state index is 11.5. The van der Waals surface area contributed by atoms with Gasteiger partial charge >= 0.3 is 0 Å². The lowest BCUT2D eigenvalue weighted by Gasteiger charge is -2.08. The van der Waals surface area contributed by atoms with Gasteiger partial charge in [-0.25, -0.2) is 8.42 Å². The summed E-state index contributed by atoms with van der Waals surface area (Å²) in [6.07, 6.45) is 2.20. The first kappa shape index (κ1) is 12.2. The largest absolute Gasteiger partial charge is 0.309 e. The molecule has 1 unspecified atom stereocenters. The minimum Gasteiger partial charge on any atom is -0.309 e. The van der Waals surface area contributed by atoms with Crippen molar-refractivity contribution >= 4 is 21.6 Å². The van der Waals surface area contributed by atoms with Gasteiger partial charge in [0.1, 0.15) is 22.7 Å². The van der Waals surface area contributed by atoms with Crippen LogP contribution in [-0.4, -0.2) is 36.0 Å². The van der Waals surface area contributed by atoms with Gasteiger partial charge in [0, 0.05) is 6.26 Å². The highest BCUT2D eigenvalue weighted by Crippen LogP contribution is 2.10.